The third-order valence-corrected chi connectivity index (χ3v) is 8.08. The van der Waals surface area contributed by atoms with Crippen LogP contribution in [0.2, 0.25) is 0 Å². The van der Waals surface area contributed by atoms with Crippen molar-refractivity contribution in [3.8, 4) is 0 Å². The molecule has 5 rings (SSSR count). The zero-order valence-electron chi connectivity index (χ0n) is 19.7. The molecule has 0 saturated carbocycles. The van der Waals surface area contributed by atoms with Gasteiger partial charge in [0.1, 0.15) is 23.8 Å². The first-order valence-corrected chi connectivity index (χ1v) is 13.0. The molecule has 3 aromatic rings. The van der Waals surface area contributed by atoms with Crippen molar-refractivity contribution in [1.29, 1.82) is 0 Å². The number of piperazine rings is 1. The summed E-state index contributed by atoms with van der Waals surface area (Å²) in [7, 11) is -3.72. The minimum absolute atomic E-state index is 0.123. The highest BCUT2D eigenvalue weighted by molar-refractivity contribution is 7.89. The van der Waals surface area contributed by atoms with E-state index < -0.39 is 10.0 Å². The quantitative estimate of drug-likeness (QED) is 0.499. The Kier molecular flexibility index (Phi) is 6.37. The van der Waals surface area contributed by atoms with E-state index in [0.29, 0.717) is 49.3 Å². The summed E-state index contributed by atoms with van der Waals surface area (Å²) in [5.74, 6) is 1.43. The molecule has 0 aliphatic carbocycles. The average molecular weight is 508 g/mol. The second-order valence-electron chi connectivity index (χ2n) is 8.61. The number of aryl methyl sites for hydroxylation is 1. The van der Waals surface area contributed by atoms with Crippen LogP contribution in [0.1, 0.15) is 18.4 Å². The van der Waals surface area contributed by atoms with Gasteiger partial charge >= 0.3 is 0 Å². The zero-order valence-corrected chi connectivity index (χ0v) is 20.5. The molecule has 2 aliphatic rings. The molecule has 0 spiro atoms. The number of sulfonamides is 1. The van der Waals surface area contributed by atoms with Crippen LogP contribution in [0.3, 0.4) is 0 Å². The number of pyridine rings is 1. The Balaban J connectivity index is 1.24. The van der Waals surface area contributed by atoms with Crippen molar-refractivity contribution in [2.45, 2.75) is 24.7 Å². The molecule has 186 valence electrons. The number of hydrogen-bond acceptors (Lipinski definition) is 9. The first-order valence-electron chi connectivity index (χ1n) is 11.5. The highest BCUT2D eigenvalue weighted by Gasteiger charge is 2.32. The number of nitrogens with zero attached hydrogens (tertiary/aromatic N) is 6. The number of carbonyl (C=O) groups is 2. The van der Waals surface area contributed by atoms with Crippen LogP contribution >= 0.6 is 0 Å². The molecule has 0 bridgehead atoms. The van der Waals surface area contributed by atoms with Crippen molar-refractivity contribution in [3.05, 3.63) is 60.6 Å². The van der Waals surface area contributed by atoms with Gasteiger partial charge in [-0.05, 0) is 48.9 Å². The Bertz CT molecular complexity index is 1390. The van der Waals surface area contributed by atoms with E-state index >= 15 is 0 Å². The van der Waals surface area contributed by atoms with Gasteiger partial charge in [0.25, 0.3) is 0 Å². The fraction of sp³-hybridized carbons (Fsp3) is 0.292. The van der Waals surface area contributed by atoms with Crippen LogP contribution in [0.4, 0.5) is 23.1 Å². The standard InChI is InChI=1S/C24H25N7O4S/c1-17-8-9-25-20(14-17)28-21-15-22(27-16-26-21)29-10-12-30(13-11-29)36(34,35)19-4-2-18(3-5-19)31-23(32)6-7-24(31)33/h2-5,8-9,14-16H,6-7,10-13H2,1H3,(H,25,26,27,28). The molecule has 11 nitrogen and oxygen atoms in total. The Hall–Kier alpha value is -3.90. The Morgan fingerprint density at radius 2 is 1.50 bits per heavy atom. The van der Waals surface area contributed by atoms with Gasteiger partial charge < -0.3 is 10.2 Å². The van der Waals surface area contributed by atoms with Crippen molar-refractivity contribution in [3.63, 3.8) is 0 Å². The number of rotatable bonds is 6. The van der Waals surface area contributed by atoms with Gasteiger partial charge in [-0.15, -0.1) is 0 Å². The van der Waals surface area contributed by atoms with Gasteiger partial charge in [0, 0.05) is 51.3 Å². The number of anilines is 4. The molecular weight excluding hydrogens is 482 g/mol. The van der Waals surface area contributed by atoms with Crippen LogP contribution in [0, 0.1) is 6.92 Å². The van der Waals surface area contributed by atoms with E-state index in [-0.39, 0.29) is 29.6 Å². The van der Waals surface area contributed by atoms with E-state index in [4.69, 9.17) is 0 Å². The summed E-state index contributed by atoms with van der Waals surface area (Å²) in [4.78, 5) is 40.0. The minimum atomic E-state index is -3.72. The lowest BCUT2D eigenvalue weighted by molar-refractivity contribution is -0.121. The van der Waals surface area contributed by atoms with E-state index in [1.165, 1.54) is 34.9 Å². The Labute approximate surface area is 208 Å². The van der Waals surface area contributed by atoms with E-state index in [1.54, 1.807) is 6.20 Å². The zero-order chi connectivity index (χ0) is 25.3. The number of amides is 2. The SMILES string of the molecule is Cc1ccnc(Nc2cc(N3CCN(S(=O)(=O)c4ccc(N5C(=O)CCC5=O)cc4)CC3)ncn2)c1. The molecule has 2 amide bonds. The van der Waals surface area contributed by atoms with Crippen LogP contribution in [-0.2, 0) is 19.6 Å². The summed E-state index contributed by atoms with van der Waals surface area (Å²) in [5.41, 5.74) is 1.46. The van der Waals surface area contributed by atoms with Gasteiger partial charge in [0.2, 0.25) is 21.8 Å². The Morgan fingerprint density at radius 3 is 2.17 bits per heavy atom. The van der Waals surface area contributed by atoms with E-state index in [2.05, 4.69) is 20.3 Å². The average Bonchev–Trinajstić information content (AvgIpc) is 3.22. The van der Waals surface area contributed by atoms with Crippen molar-refractivity contribution >= 4 is 45.0 Å². The summed E-state index contributed by atoms with van der Waals surface area (Å²) >= 11 is 0. The van der Waals surface area contributed by atoms with E-state index in [9.17, 15) is 18.0 Å². The van der Waals surface area contributed by atoms with Gasteiger partial charge in [-0.1, -0.05) is 0 Å². The summed E-state index contributed by atoms with van der Waals surface area (Å²) in [6, 6.07) is 11.5. The topological polar surface area (TPSA) is 129 Å². The molecule has 4 heterocycles. The molecule has 2 aromatic heterocycles. The number of nitrogens with one attached hydrogen (secondary N) is 1. The Morgan fingerprint density at radius 1 is 0.833 bits per heavy atom. The molecule has 0 radical (unpaired) electrons. The second-order valence-corrected chi connectivity index (χ2v) is 10.6. The van der Waals surface area contributed by atoms with Crippen LogP contribution in [0.15, 0.2) is 59.9 Å². The van der Waals surface area contributed by atoms with Gasteiger partial charge in [-0.2, -0.15) is 4.31 Å². The number of aromatic nitrogens is 3. The molecule has 2 aliphatic heterocycles. The predicted octanol–water partition coefficient (Wildman–Crippen LogP) is 2.09. The number of imide groups is 1. The highest BCUT2D eigenvalue weighted by atomic mass is 32.2. The molecule has 1 N–H and O–H groups in total. The van der Waals surface area contributed by atoms with Crippen LogP contribution < -0.4 is 15.1 Å². The second kappa shape index (κ2) is 9.63. The van der Waals surface area contributed by atoms with Crippen molar-refractivity contribution in [1.82, 2.24) is 19.3 Å². The van der Waals surface area contributed by atoms with Crippen LogP contribution in [0.25, 0.3) is 0 Å². The molecule has 12 heteroatoms. The fourth-order valence-corrected chi connectivity index (χ4v) is 5.68. The van der Waals surface area contributed by atoms with Gasteiger partial charge in [-0.3, -0.25) is 14.5 Å². The van der Waals surface area contributed by atoms with Gasteiger partial charge in [0.05, 0.1) is 10.6 Å². The maximum Gasteiger partial charge on any atom is 0.243 e. The molecule has 0 atom stereocenters. The van der Waals surface area contributed by atoms with Crippen LogP contribution in [-0.4, -0.2) is 65.7 Å². The molecule has 36 heavy (non-hydrogen) atoms. The van der Waals surface area contributed by atoms with Gasteiger partial charge in [0.15, 0.2) is 0 Å². The summed E-state index contributed by atoms with van der Waals surface area (Å²) < 4.78 is 27.8. The first-order chi connectivity index (χ1) is 17.3. The molecular formula is C24H25N7O4S. The lowest BCUT2D eigenvalue weighted by Gasteiger charge is -2.34. The van der Waals surface area contributed by atoms with Crippen molar-refractivity contribution in [2.24, 2.45) is 0 Å². The van der Waals surface area contributed by atoms with Gasteiger partial charge in [-0.25, -0.2) is 23.4 Å². The molecule has 2 saturated heterocycles. The molecule has 0 unspecified atom stereocenters. The highest BCUT2D eigenvalue weighted by Crippen LogP contribution is 2.26. The predicted molar refractivity (Wildman–Crippen MR) is 133 cm³/mol. The summed E-state index contributed by atoms with van der Waals surface area (Å²) in [6.45, 7) is 3.49. The third-order valence-electron chi connectivity index (χ3n) is 6.17. The number of hydrogen-bond donors (Lipinski definition) is 1. The number of carbonyl (C=O) groups excluding carboxylic acids is 2. The summed E-state index contributed by atoms with van der Waals surface area (Å²) in [6.07, 6.45) is 3.54. The normalized spacial score (nSPS) is 17.0. The lowest BCUT2D eigenvalue weighted by Crippen LogP contribution is -2.48. The first kappa shape index (κ1) is 23.8. The van der Waals surface area contributed by atoms with E-state index in [0.717, 1.165) is 10.5 Å². The monoisotopic (exact) mass is 507 g/mol. The number of benzene rings is 1. The van der Waals surface area contributed by atoms with Crippen LogP contribution in [0.5, 0.6) is 0 Å². The van der Waals surface area contributed by atoms with Crippen molar-refractivity contribution < 1.29 is 18.0 Å². The fourth-order valence-electron chi connectivity index (χ4n) is 4.26. The maximum absolute atomic E-state index is 13.2. The molecule has 2 fully saturated rings. The maximum atomic E-state index is 13.2. The van der Waals surface area contributed by atoms with Crippen molar-refractivity contribution in [2.75, 3.05) is 41.3 Å². The summed E-state index contributed by atoms with van der Waals surface area (Å²) in [5, 5.41) is 3.17. The largest absolute Gasteiger partial charge is 0.354 e. The minimum Gasteiger partial charge on any atom is -0.354 e. The smallest absolute Gasteiger partial charge is 0.243 e. The third kappa shape index (κ3) is 4.77. The molecule has 1 aromatic carbocycles. The van der Waals surface area contributed by atoms with E-state index in [1.807, 2.05) is 30.0 Å². The lowest BCUT2D eigenvalue weighted by atomic mass is 10.3.